The Kier molecular flexibility index (Phi) is 7.86. The summed E-state index contributed by atoms with van der Waals surface area (Å²) >= 11 is 0. The second-order valence-electron chi connectivity index (χ2n) is 6.89. The fraction of sp³-hybridized carbons (Fsp3) is 0.364. The molecule has 1 amide bonds. The number of esters is 1. The predicted octanol–water partition coefficient (Wildman–Crippen LogP) is 4.41. The third-order valence-corrected chi connectivity index (χ3v) is 4.15. The lowest BCUT2D eigenvalue weighted by Crippen LogP contribution is -2.44. The number of hydrogen-bond acceptors (Lipinski definition) is 4. The fourth-order valence-electron chi connectivity index (χ4n) is 2.63. The normalized spacial score (nSPS) is 11.7. The Labute approximate surface area is 160 Å². The zero-order valence-electron chi connectivity index (χ0n) is 16.1. The lowest BCUT2D eigenvalue weighted by Gasteiger charge is -2.27. The first kappa shape index (κ1) is 20.5. The van der Waals surface area contributed by atoms with Gasteiger partial charge in [-0.15, -0.1) is 0 Å². The van der Waals surface area contributed by atoms with Crippen molar-refractivity contribution in [3.63, 3.8) is 0 Å². The molecule has 5 nitrogen and oxygen atoms in total. The zero-order chi connectivity index (χ0) is 19.6. The number of carbonyl (C=O) groups excluding carboxylic acids is 2. The van der Waals surface area contributed by atoms with Gasteiger partial charge in [-0.1, -0.05) is 74.5 Å². The number of carbonyl (C=O) groups is 2. The summed E-state index contributed by atoms with van der Waals surface area (Å²) in [6.07, 6.45) is -0.0361. The van der Waals surface area contributed by atoms with Crippen molar-refractivity contribution in [2.45, 2.75) is 39.5 Å². The Bertz CT molecular complexity index is 716. The van der Waals surface area contributed by atoms with Gasteiger partial charge in [0, 0.05) is 7.05 Å². The standard InChI is InChI=1S/C22H27NO4/c1-17(2)14-20(21(24)26-15-18-10-6-4-7-11-18)23(3)22(25)27-16-19-12-8-5-9-13-19/h4-13,17,20H,14-16H2,1-3H3. The van der Waals surface area contributed by atoms with Crippen molar-refractivity contribution in [1.82, 2.24) is 4.90 Å². The molecule has 0 N–H and O–H groups in total. The molecule has 0 heterocycles. The van der Waals surface area contributed by atoms with E-state index in [1.807, 2.05) is 74.5 Å². The number of likely N-dealkylation sites (N-methyl/N-ethyl adjacent to an activating group) is 1. The minimum atomic E-state index is -0.683. The summed E-state index contributed by atoms with van der Waals surface area (Å²) in [6, 6.07) is 18.2. The number of nitrogens with zero attached hydrogens (tertiary/aromatic N) is 1. The highest BCUT2D eigenvalue weighted by atomic mass is 16.6. The van der Waals surface area contributed by atoms with E-state index in [4.69, 9.17) is 9.47 Å². The molecule has 27 heavy (non-hydrogen) atoms. The van der Waals surface area contributed by atoms with Crippen LogP contribution in [-0.2, 0) is 27.5 Å². The van der Waals surface area contributed by atoms with Crippen LogP contribution in [-0.4, -0.2) is 30.1 Å². The third kappa shape index (κ3) is 6.77. The quantitative estimate of drug-likeness (QED) is 0.647. The lowest BCUT2D eigenvalue weighted by atomic mass is 10.0. The molecule has 0 saturated carbocycles. The Morgan fingerprint density at radius 2 is 1.33 bits per heavy atom. The van der Waals surface area contributed by atoms with Crippen molar-refractivity contribution < 1.29 is 19.1 Å². The molecular formula is C22H27NO4. The van der Waals surface area contributed by atoms with Gasteiger partial charge in [0.1, 0.15) is 19.3 Å². The first-order valence-corrected chi connectivity index (χ1v) is 9.11. The molecule has 0 aliphatic heterocycles. The first-order valence-electron chi connectivity index (χ1n) is 9.11. The number of benzene rings is 2. The van der Waals surface area contributed by atoms with Crippen LogP contribution in [0.15, 0.2) is 60.7 Å². The summed E-state index contributed by atoms with van der Waals surface area (Å²) in [6.45, 7) is 4.35. The van der Waals surface area contributed by atoms with Crippen LogP contribution in [0.2, 0.25) is 0 Å². The predicted molar refractivity (Wildman–Crippen MR) is 104 cm³/mol. The van der Waals surface area contributed by atoms with Gasteiger partial charge < -0.3 is 9.47 Å². The molecule has 1 atom stereocenters. The van der Waals surface area contributed by atoms with Crippen LogP contribution in [0.1, 0.15) is 31.4 Å². The van der Waals surface area contributed by atoms with E-state index in [0.717, 1.165) is 11.1 Å². The fourth-order valence-corrected chi connectivity index (χ4v) is 2.63. The van der Waals surface area contributed by atoms with Crippen molar-refractivity contribution in [3.05, 3.63) is 71.8 Å². The number of amides is 1. The van der Waals surface area contributed by atoms with Crippen LogP contribution in [0.5, 0.6) is 0 Å². The van der Waals surface area contributed by atoms with Gasteiger partial charge in [0.2, 0.25) is 0 Å². The maximum Gasteiger partial charge on any atom is 0.410 e. The zero-order valence-corrected chi connectivity index (χ0v) is 16.1. The lowest BCUT2D eigenvalue weighted by molar-refractivity contribution is -0.151. The van der Waals surface area contributed by atoms with Crippen LogP contribution in [0.4, 0.5) is 4.79 Å². The van der Waals surface area contributed by atoms with Gasteiger partial charge in [-0.3, -0.25) is 4.90 Å². The maximum atomic E-state index is 12.6. The molecule has 2 aromatic rings. The highest BCUT2D eigenvalue weighted by Gasteiger charge is 2.30. The molecule has 0 fully saturated rings. The number of hydrogen-bond donors (Lipinski definition) is 0. The Hall–Kier alpha value is -2.82. The van der Waals surface area contributed by atoms with Crippen molar-refractivity contribution in [1.29, 1.82) is 0 Å². The van der Waals surface area contributed by atoms with E-state index >= 15 is 0 Å². The van der Waals surface area contributed by atoms with Gasteiger partial charge in [-0.05, 0) is 23.5 Å². The van der Waals surface area contributed by atoms with E-state index in [-0.39, 0.29) is 19.1 Å². The first-order chi connectivity index (χ1) is 13.0. The summed E-state index contributed by atoms with van der Waals surface area (Å²) in [5.74, 6) is -0.199. The largest absolute Gasteiger partial charge is 0.459 e. The molecule has 0 saturated heterocycles. The molecule has 2 aromatic carbocycles. The van der Waals surface area contributed by atoms with Gasteiger partial charge in [0.15, 0.2) is 0 Å². The molecule has 5 heteroatoms. The van der Waals surface area contributed by atoms with E-state index < -0.39 is 18.1 Å². The molecule has 1 unspecified atom stereocenters. The Morgan fingerprint density at radius 1 is 0.852 bits per heavy atom. The summed E-state index contributed by atoms with van der Waals surface area (Å²) in [5, 5.41) is 0. The van der Waals surface area contributed by atoms with Crippen molar-refractivity contribution >= 4 is 12.1 Å². The Balaban J connectivity index is 1.95. The minimum absolute atomic E-state index is 0.164. The van der Waals surface area contributed by atoms with Gasteiger partial charge in [0.25, 0.3) is 0 Å². The van der Waals surface area contributed by atoms with Crippen LogP contribution >= 0.6 is 0 Å². The molecule has 0 aromatic heterocycles. The van der Waals surface area contributed by atoms with Crippen LogP contribution in [0.25, 0.3) is 0 Å². The second kappa shape index (κ2) is 10.4. The van der Waals surface area contributed by atoms with E-state index in [2.05, 4.69) is 0 Å². The van der Waals surface area contributed by atoms with E-state index in [0.29, 0.717) is 6.42 Å². The van der Waals surface area contributed by atoms with Crippen molar-refractivity contribution in [3.8, 4) is 0 Å². The van der Waals surface area contributed by atoms with Crippen LogP contribution in [0.3, 0.4) is 0 Å². The maximum absolute atomic E-state index is 12.6. The molecule has 0 spiro atoms. The average molecular weight is 369 g/mol. The summed E-state index contributed by atoms with van der Waals surface area (Å²) in [5.41, 5.74) is 1.80. The van der Waals surface area contributed by atoms with Crippen molar-refractivity contribution in [2.24, 2.45) is 5.92 Å². The topological polar surface area (TPSA) is 55.8 Å². The molecule has 144 valence electrons. The van der Waals surface area contributed by atoms with Gasteiger partial charge in [0.05, 0.1) is 0 Å². The summed E-state index contributed by atoms with van der Waals surface area (Å²) in [7, 11) is 1.57. The molecule has 0 radical (unpaired) electrons. The minimum Gasteiger partial charge on any atom is -0.459 e. The highest BCUT2D eigenvalue weighted by molar-refractivity contribution is 5.81. The van der Waals surface area contributed by atoms with Gasteiger partial charge >= 0.3 is 12.1 Å². The number of ether oxygens (including phenoxy) is 2. The highest BCUT2D eigenvalue weighted by Crippen LogP contribution is 2.15. The molecule has 0 aliphatic carbocycles. The van der Waals surface area contributed by atoms with Gasteiger partial charge in [-0.2, -0.15) is 0 Å². The van der Waals surface area contributed by atoms with E-state index in [1.54, 1.807) is 7.05 Å². The monoisotopic (exact) mass is 369 g/mol. The average Bonchev–Trinajstić information content (AvgIpc) is 2.69. The number of rotatable bonds is 8. The van der Waals surface area contributed by atoms with Crippen molar-refractivity contribution in [2.75, 3.05) is 7.05 Å². The smallest absolute Gasteiger partial charge is 0.410 e. The van der Waals surface area contributed by atoms with E-state index in [9.17, 15) is 9.59 Å². The van der Waals surface area contributed by atoms with E-state index in [1.165, 1.54) is 4.90 Å². The molecule has 0 aliphatic rings. The van der Waals surface area contributed by atoms with Gasteiger partial charge in [-0.25, -0.2) is 9.59 Å². The van der Waals surface area contributed by atoms with Crippen LogP contribution in [0, 0.1) is 5.92 Å². The third-order valence-electron chi connectivity index (χ3n) is 4.15. The molecular weight excluding hydrogens is 342 g/mol. The SMILES string of the molecule is CC(C)CC(C(=O)OCc1ccccc1)N(C)C(=O)OCc1ccccc1. The summed E-state index contributed by atoms with van der Waals surface area (Å²) in [4.78, 5) is 26.3. The Morgan fingerprint density at radius 3 is 1.81 bits per heavy atom. The molecule has 2 rings (SSSR count). The van der Waals surface area contributed by atoms with Crippen LogP contribution < -0.4 is 0 Å². The second-order valence-corrected chi connectivity index (χ2v) is 6.89. The summed E-state index contributed by atoms with van der Waals surface area (Å²) < 4.78 is 10.8. The molecule has 0 bridgehead atoms.